The van der Waals surface area contributed by atoms with Gasteiger partial charge >= 0.3 is 0 Å². The molecule has 0 aliphatic heterocycles. The van der Waals surface area contributed by atoms with Crippen LogP contribution in [0.1, 0.15) is 46.0 Å². The quantitative estimate of drug-likeness (QED) is 0.560. The molecule has 0 aliphatic rings. The van der Waals surface area contributed by atoms with E-state index in [4.69, 9.17) is 4.74 Å². The number of ether oxygens (including phenoxy) is 1. The number of likely N-dealkylation sites (N-methyl/N-ethyl adjacent to an activating group) is 1. The van der Waals surface area contributed by atoms with Crippen molar-refractivity contribution in [3.05, 3.63) is 0 Å². The molecular weight excluding hydrogens is 162 g/mol. The van der Waals surface area contributed by atoms with Gasteiger partial charge in [0.15, 0.2) is 0 Å². The summed E-state index contributed by atoms with van der Waals surface area (Å²) < 4.78 is 5.56. The minimum Gasteiger partial charge on any atom is -0.380 e. The van der Waals surface area contributed by atoms with E-state index in [-0.39, 0.29) is 0 Å². The Bertz CT molecular complexity index is 92.1. The van der Waals surface area contributed by atoms with Gasteiger partial charge in [0.05, 0.1) is 6.61 Å². The molecule has 0 aromatic rings. The molecule has 0 bridgehead atoms. The van der Waals surface area contributed by atoms with Gasteiger partial charge in [-0.2, -0.15) is 0 Å². The van der Waals surface area contributed by atoms with Crippen LogP contribution in [0, 0.1) is 0 Å². The van der Waals surface area contributed by atoms with E-state index >= 15 is 0 Å². The molecule has 0 saturated heterocycles. The van der Waals surface area contributed by atoms with Crippen LogP contribution in [0.4, 0.5) is 0 Å². The van der Waals surface area contributed by atoms with Gasteiger partial charge in [-0.1, -0.05) is 33.1 Å². The molecule has 0 spiro atoms. The van der Waals surface area contributed by atoms with Crippen LogP contribution < -0.4 is 5.32 Å². The average molecular weight is 187 g/mol. The molecule has 2 nitrogen and oxygen atoms in total. The summed E-state index contributed by atoms with van der Waals surface area (Å²) in [6.45, 7) is 6.20. The third kappa shape index (κ3) is 8.26. The molecule has 80 valence electrons. The van der Waals surface area contributed by atoms with Crippen LogP contribution in [0.15, 0.2) is 0 Å². The summed E-state index contributed by atoms with van der Waals surface area (Å²) in [4.78, 5) is 0. The van der Waals surface area contributed by atoms with E-state index in [0.29, 0.717) is 6.04 Å². The molecule has 1 N–H and O–H groups in total. The highest BCUT2D eigenvalue weighted by molar-refractivity contribution is 4.59. The van der Waals surface area contributed by atoms with Crippen LogP contribution in [0.5, 0.6) is 0 Å². The van der Waals surface area contributed by atoms with Crippen molar-refractivity contribution in [2.24, 2.45) is 0 Å². The standard InChI is InChI=1S/C11H25NO/c1-4-6-7-8-9-13-10-11(5-2)12-3/h11-12H,4-10H2,1-3H3. The number of hydrogen-bond donors (Lipinski definition) is 1. The number of unbranched alkanes of at least 4 members (excludes halogenated alkanes) is 3. The Labute approximate surface area is 83.1 Å². The summed E-state index contributed by atoms with van der Waals surface area (Å²) in [5, 5.41) is 3.23. The Hall–Kier alpha value is -0.0800. The zero-order valence-corrected chi connectivity index (χ0v) is 9.44. The third-order valence-electron chi connectivity index (χ3n) is 2.36. The van der Waals surface area contributed by atoms with E-state index in [9.17, 15) is 0 Å². The molecule has 0 rings (SSSR count). The lowest BCUT2D eigenvalue weighted by Crippen LogP contribution is -2.29. The van der Waals surface area contributed by atoms with Crippen molar-refractivity contribution in [2.75, 3.05) is 20.3 Å². The molecule has 0 amide bonds. The lowest BCUT2D eigenvalue weighted by molar-refractivity contribution is 0.109. The average Bonchev–Trinajstić information content (AvgIpc) is 2.17. The van der Waals surface area contributed by atoms with E-state index in [1.165, 1.54) is 25.7 Å². The van der Waals surface area contributed by atoms with Gasteiger partial charge in [0, 0.05) is 12.6 Å². The molecule has 1 atom stereocenters. The first kappa shape index (κ1) is 12.9. The fourth-order valence-corrected chi connectivity index (χ4v) is 1.26. The number of nitrogens with one attached hydrogen (secondary N) is 1. The zero-order valence-electron chi connectivity index (χ0n) is 9.44. The van der Waals surface area contributed by atoms with Gasteiger partial charge in [-0.05, 0) is 19.9 Å². The smallest absolute Gasteiger partial charge is 0.0619 e. The summed E-state index contributed by atoms with van der Waals surface area (Å²) in [5.41, 5.74) is 0. The topological polar surface area (TPSA) is 21.3 Å². The summed E-state index contributed by atoms with van der Waals surface area (Å²) in [5.74, 6) is 0. The summed E-state index contributed by atoms with van der Waals surface area (Å²) in [6.07, 6.45) is 6.31. The Morgan fingerprint density at radius 1 is 1.15 bits per heavy atom. The van der Waals surface area contributed by atoms with Crippen LogP contribution in [0.2, 0.25) is 0 Å². The van der Waals surface area contributed by atoms with Crippen molar-refractivity contribution in [1.82, 2.24) is 5.32 Å². The first-order valence-corrected chi connectivity index (χ1v) is 5.60. The lowest BCUT2D eigenvalue weighted by Gasteiger charge is -2.13. The van der Waals surface area contributed by atoms with E-state index in [1.807, 2.05) is 7.05 Å². The van der Waals surface area contributed by atoms with Crippen molar-refractivity contribution in [1.29, 1.82) is 0 Å². The molecule has 0 saturated carbocycles. The fourth-order valence-electron chi connectivity index (χ4n) is 1.26. The van der Waals surface area contributed by atoms with E-state index in [0.717, 1.165) is 19.6 Å². The first-order chi connectivity index (χ1) is 6.35. The molecule has 13 heavy (non-hydrogen) atoms. The Balaban J connectivity index is 3.05. The van der Waals surface area contributed by atoms with Gasteiger partial charge in [0.2, 0.25) is 0 Å². The van der Waals surface area contributed by atoms with Gasteiger partial charge in [-0.15, -0.1) is 0 Å². The molecule has 1 unspecified atom stereocenters. The van der Waals surface area contributed by atoms with E-state index in [1.54, 1.807) is 0 Å². The summed E-state index contributed by atoms with van der Waals surface area (Å²) >= 11 is 0. The Morgan fingerprint density at radius 3 is 2.46 bits per heavy atom. The van der Waals surface area contributed by atoms with Crippen molar-refractivity contribution >= 4 is 0 Å². The van der Waals surface area contributed by atoms with Crippen LogP contribution in [0.3, 0.4) is 0 Å². The maximum atomic E-state index is 5.56. The second kappa shape index (κ2) is 10.0. The minimum absolute atomic E-state index is 0.533. The molecule has 0 heterocycles. The van der Waals surface area contributed by atoms with Gasteiger partial charge in [0.1, 0.15) is 0 Å². The van der Waals surface area contributed by atoms with Crippen molar-refractivity contribution in [2.45, 2.75) is 52.0 Å². The molecular formula is C11H25NO. The van der Waals surface area contributed by atoms with Crippen molar-refractivity contribution in [3.8, 4) is 0 Å². The molecule has 0 fully saturated rings. The molecule has 0 aliphatic carbocycles. The van der Waals surface area contributed by atoms with E-state index in [2.05, 4.69) is 19.2 Å². The monoisotopic (exact) mass is 187 g/mol. The predicted octanol–water partition coefficient (Wildman–Crippen LogP) is 2.58. The van der Waals surface area contributed by atoms with Crippen LogP contribution >= 0.6 is 0 Å². The maximum absolute atomic E-state index is 5.56. The highest BCUT2D eigenvalue weighted by atomic mass is 16.5. The predicted molar refractivity (Wildman–Crippen MR) is 58.1 cm³/mol. The highest BCUT2D eigenvalue weighted by Crippen LogP contribution is 1.99. The van der Waals surface area contributed by atoms with Gasteiger partial charge in [-0.3, -0.25) is 0 Å². The van der Waals surface area contributed by atoms with Crippen LogP contribution in [-0.2, 0) is 4.74 Å². The van der Waals surface area contributed by atoms with Crippen molar-refractivity contribution in [3.63, 3.8) is 0 Å². The number of hydrogen-bond acceptors (Lipinski definition) is 2. The Morgan fingerprint density at radius 2 is 1.92 bits per heavy atom. The summed E-state index contributed by atoms with van der Waals surface area (Å²) in [6, 6.07) is 0.533. The highest BCUT2D eigenvalue weighted by Gasteiger charge is 2.01. The van der Waals surface area contributed by atoms with Gasteiger partial charge in [-0.25, -0.2) is 0 Å². The second-order valence-corrected chi connectivity index (χ2v) is 3.53. The molecule has 2 heteroatoms. The normalized spacial score (nSPS) is 13.2. The second-order valence-electron chi connectivity index (χ2n) is 3.53. The maximum Gasteiger partial charge on any atom is 0.0619 e. The number of rotatable bonds is 9. The zero-order chi connectivity index (χ0) is 9.94. The first-order valence-electron chi connectivity index (χ1n) is 5.60. The van der Waals surface area contributed by atoms with Crippen LogP contribution in [0.25, 0.3) is 0 Å². The fraction of sp³-hybridized carbons (Fsp3) is 1.00. The SMILES string of the molecule is CCCCCCOCC(CC)NC. The third-order valence-corrected chi connectivity index (χ3v) is 2.36. The molecule has 0 radical (unpaired) electrons. The lowest BCUT2D eigenvalue weighted by atomic mass is 10.2. The van der Waals surface area contributed by atoms with Gasteiger partial charge in [0.25, 0.3) is 0 Å². The molecule has 0 aromatic carbocycles. The largest absolute Gasteiger partial charge is 0.380 e. The minimum atomic E-state index is 0.533. The van der Waals surface area contributed by atoms with Crippen LogP contribution in [-0.4, -0.2) is 26.3 Å². The Kier molecular flexibility index (Phi) is 9.94. The molecule has 0 aromatic heterocycles. The van der Waals surface area contributed by atoms with Gasteiger partial charge < -0.3 is 10.1 Å². The summed E-state index contributed by atoms with van der Waals surface area (Å²) in [7, 11) is 1.99. The van der Waals surface area contributed by atoms with Crippen molar-refractivity contribution < 1.29 is 4.74 Å². The van der Waals surface area contributed by atoms with E-state index < -0.39 is 0 Å².